The quantitative estimate of drug-likeness (QED) is 0.178. The molecule has 0 spiro atoms. The summed E-state index contributed by atoms with van der Waals surface area (Å²) < 4.78 is 5.97. The Balaban J connectivity index is 2.05. The predicted octanol–water partition coefficient (Wildman–Crippen LogP) is 2.60. The van der Waals surface area contributed by atoms with Crippen LogP contribution in [0.3, 0.4) is 0 Å². The summed E-state index contributed by atoms with van der Waals surface area (Å²) in [5, 5.41) is 51.9. The van der Waals surface area contributed by atoms with E-state index in [9.17, 15) is 35.1 Å². The summed E-state index contributed by atoms with van der Waals surface area (Å²) in [7, 11) is 0. The second-order valence-corrected chi connectivity index (χ2v) is 8.07. The largest absolute Gasteiger partial charge is 0.478 e. The Kier molecular flexibility index (Phi) is 6.36. The molecule has 4 rings (SSSR count). The van der Waals surface area contributed by atoms with Crippen molar-refractivity contribution in [2.24, 2.45) is 5.92 Å². The van der Waals surface area contributed by atoms with Crippen LogP contribution in [0.4, 0.5) is 5.69 Å². The molecule has 9 nitrogen and oxygen atoms in total. The Bertz CT molecular complexity index is 1390. The fourth-order valence-electron chi connectivity index (χ4n) is 3.85. The summed E-state index contributed by atoms with van der Waals surface area (Å²) in [6.07, 6.45) is -3.46. The molecule has 2 aliphatic rings. The SMILES string of the molecule is CC(CNc1cc2oc3cc(=O)ccc-3c(-c3ccccc3C(=O)O)c2cc1C(O)O)C(O)O. The molecule has 0 saturated carbocycles. The molecule has 1 unspecified atom stereocenters. The Labute approximate surface area is 193 Å². The summed E-state index contributed by atoms with van der Waals surface area (Å²) in [6.45, 7) is 1.71. The monoisotopic (exact) mass is 465 g/mol. The molecule has 0 fully saturated rings. The van der Waals surface area contributed by atoms with Gasteiger partial charge in [0.25, 0.3) is 0 Å². The first-order valence-electron chi connectivity index (χ1n) is 10.5. The highest BCUT2D eigenvalue weighted by atomic mass is 16.5. The first kappa shape index (κ1) is 23.4. The molecule has 6 N–H and O–H groups in total. The maximum absolute atomic E-state index is 12.0. The third-order valence-corrected chi connectivity index (χ3v) is 5.69. The van der Waals surface area contributed by atoms with E-state index in [1.54, 1.807) is 31.2 Å². The van der Waals surface area contributed by atoms with Crippen LogP contribution >= 0.6 is 0 Å². The van der Waals surface area contributed by atoms with Crippen LogP contribution in [0.5, 0.6) is 0 Å². The minimum atomic E-state index is -1.89. The summed E-state index contributed by atoms with van der Waals surface area (Å²) in [4.78, 5) is 24.0. The van der Waals surface area contributed by atoms with Crippen molar-refractivity contribution in [2.45, 2.75) is 19.5 Å². The number of aliphatic hydroxyl groups is 4. The summed E-state index contributed by atoms with van der Waals surface area (Å²) in [5.41, 5.74) is 1.66. The Morgan fingerprint density at radius 2 is 1.74 bits per heavy atom. The van der Waals surface area contributed by atoms with Crippen LogP contribution in [0.15, 0.2) is 63.8 Å². The van der Waals surface area contributed by atoms with Gasteiger partial charge in [-0.15, -0.1) is 0 Å². The molecule has 9 heteroatoms. The number of nitrogens with one attached hydrogen (secondary N) is 1. The molecule has 2 aromatic rings. The fourth-order valence-corrected chi connectivity index (χ4v) is 3.85. The summed E-state index contributed by atoms with van der Waals surface area (Å²) in [6, 6.07) is 13.5. The number of carboxylic acids is 1. The van der Waals surface area contributed by atoms with Crippen LogP contribution < -0.4 is 10.7 Å². The van der Waals surface area contributed by atoms with Gasteiger partial charge in [0, 0.05) is 52.4 Å². The maximum Gasteiger partial charge on any atom is 0.336 e. The highest BCUT2D eigenvalue weighted by molar-refractivity contribution is 6.08. The van der Waals surface area contributed by atoms with E-state index in [1.807, 2.05) is 0 Å². The molecule has 1 aliphatic carbocycles. The highest BCUT2D eigenvalue weighted by Crippen LogP contribution is 2.43. The van der Waals surface area contributed by atoms with E-state index >= 15 is 0 Å². The van der Waals surface area contributed by atoms with Crippen LogP contribution in [-0.4, -0.2) is 44.3 Å². The number of aliphatic hydroxyl groups excluding tert-OH is 2. The maximum atomic E-state index is 12.0. The standard InChI is InChI=1S/C25H23NO8/c1-12(23(28)29)11-26-19-10-21-18(9-17(19)25(32)33)22(14-4-2-3-5-15(14)24(30)31)16-7-6-13(27)8-20(16)34-21/h2-10,12,23,25-26,28-29,32-33H,11H2,1H3,(H,30,31). The van der Waals surface area contributed by atoms with Crippen LogP contribution in [-0.2, 0) is 0 Å². The van der Waals surface area contributed by atoms with E-state index in [0.29, 0.717) is 22.1 Å². The molecule has 1 atom stereocenters. The van der Waals surface area contributed by atoms with Gasteiger partial charge in [-0.3, -0.25) is 4.79 Å². The van der Waals surface area contributed by atoms with Gasteiger partial charge in [0.05, 0.1) is 5.56 Å². The van der Waals surface area contributed by atoms with Crippen molar-refractivity contribution in [1.29, 1.82) is 0 Å². The van der Waals surface area contributed by atoms with Crippen LogP contribution in [0.1, 0.15) is 29.1 Å². The molecule has 34 heavy (non-hydrogen) atoms. The fraction of sp³-hybridized carbons (Fsp3) is 0.200. The highest BCUT2D eigenvalue weighted by Gasteiger charge is 2.24. The Hall–Kier alpha value is -3.76. The smallest absolute Gasteiger partial charge is 0.336 e. The zero-order chi connectivity index (χ0) is 24.6. The molecule has 0 radical (unpaired) electrons. The third-order valence-electron chi connectivity index (χ3n) is 5.69. The van der Waals surface area contributed by atoms with Gasteiger partial charge in [0.15, 0.2) is 18.0 Å². The van der Waals surface area contributed by atoms with Crippen LogP contribution in [0.2, 0.25) is 0 Å². The van der Waals surface area contributed by atoms with Gasteiger partial charge in [-0.1, -0.05) is 25.1 Å². The lowest BCUT2D eigenvalue weighted by Gasteiger charge is -2.21. The molecule has 1 heterocycles. The van der Waals surface area contributed by atoms with E-state index in [1.165, 1.54) is 30.3 Å². The average molecular weight is 465 g/mol. The minimum Gasteiger partial charge on any atom is -0.478 e. The lowest BCUT2D eigenvalue weighted by atomic mass is 9.90. The molecular formula is C25H23NO8. The number of benzene rings is 3. The van der Waals surface area contributed by atoms with E-state index in [4.69, 9.17) is 4.42 Å². The van der Waals surface area contributed by atoms with E-state index in [2.05, 4.69) is 5.32 Å². The molecule has 0 amide bonds. The Morgan fingerprint density at radius 3 is 2.41 bits per heavy atom. The van der Waals surface area contributed by atoms with Crippen molar-refractivity contribution in [3.05, 3.63) is 75.9 Å². The number of carboxylic acid groups (broad SMARTS) is 1. The van der Waals surface area contributed by atoms with Crippen molar-refractivity contribution < 1.29 is 34.7 Å². The molecule has 1 aliphatic heterocycles. The van der Waals surface area contributed by atoms with Gasteiger partial charge in [0.1, 0.15) is 11.3 Å². The second kappa shape index (κ2) is 9.24. The number of aromatic carboxylic acids is 1. The van der Waals surface area contributed by atoms with Crippen molar-refractivity contribution in [2.75, 3.05) is 11.9 Å². The van der Waals surface area contributed by atoms with Crippen molar-refractivity contribution in [3.8, 4) is 22.5 Å². The number of hydrogen-bond acceptors (Lipinski definition) is 8. The molecule has 0 saturated heterocycles. The van der Waals surface area contributed by atoms with Crippen LogP contribution in [0, 0.1) is 5.92 Å². The first-order chi connectivity index (χ1) is 16.2. The molecule has 0 aromatic heterocycles. The zero-order valence-corrected chi connectivity index (χ0v) is 18.1. The van der Waals surface area contributed by atoms with Gasteiger partial charge in [-0.2, -0.15) is 0 Å². The average Bonchev–Trinajstić information content (AvgIpc) is 2.80. The van der Waals surface area contributed by atoms with Gasteiger partial charge in [-0.05, 0) is 29.8 Å². The first-order valence-corrected chi connectivity index (χ1v) is 10.5. The second-order valence-electron chi connectivity index (χ2n) is 8.07. The van der Waals surface area contributed by atoms with Gasteiger partial charge in [-0.25, -0.2) is 4.79 Å². The lowest BCUT2D eigenvalue weighted by molar-refractivity contribution is -0.0745. The van der Waals surface area contributed by atoms with Gasteiger partial charge < -0.3 is 35.3 Å². The normalized spacial score (nSPS) is 12.6. The van der Waals surface area contributed by atoms with Gasteiger partial charge in [0.2, 0.25) is 0 Å². The molecular weight excluding hydrogens is 442 g/mol. The van der Waals surface area contributed by atoms with E-state index in [0.717, 1.165) is 0 Å². The van der Waals surface area contributed by atoms with Crippen molar-refractivity contribution >= 4 is 22.6 Å². The van der Waals surface area contributed by atoms with E-state index in [-0.39, 0.29) is 40.1 Å². The third kappa shape index (κ3) is 4.37. The number of fused-ring (bicyclic) bond motifs is 2. The molecule has 0 bridgehead atoms. The number of rotatable bonds is 7. The van der Waals surface area contributed by atoms with Crippen LogP contribution in [0.25, 0.3) is 33.4 Å². The molecule has 176 valence electrons. The van der Waals surface area contributed by atoms with Gasteiger partial charge >= 0.3 is 5.97 Å². The predicted molar refractivity (Wildman–Crippen MR) is 125 cm³/mol. The number of hydrogen-bond donors (Lipinski definition) is 6. The topological polar surface area (TPSA) is 160 Å². The summed E-state index contributed by atoms with van der Waals surface area (Å²) in [5.74, 6) is -1.47. The minimum absolute atomic E-state index is 0.0292. The lowest BCUT2D eigenvalue weighted by Crippen LogP contribution is -2.24. The Morgan fingerprint density at radius 1 is 1.00 bits per heavy atom. The molecule has 2 aromatic carbocycles. The van der Waals surface area contributed by atoms with Crippen molar-refractivity contribution in [1.82, 2.24) is 0 Å². The zero-order valence-electron chi connectivity index (χ0n) is 18.1. The number of anilines is 1. The van der Waals surface area contributed by atoms with E-state index < -0.39 is 24.5 Å². The number of carbonyl (C=O) groups is 1. The summed E-state index contributed by atoms with van der Waals surface area (Å²) >= 11 is 0. The van der Waals surface area contributed by atoms with Crippen molar-refractivity contribution in [3.63, 3.8) is 0 Å².